The van der Waals surface area contributed by atoms with Crippen LogP contribution < -0.4 is 0 Å². The number of rotatable bonds is 12. The third kappa shape index (κ3) is 21.6. The van der Waals surface area contributed by atoms with E-state index in [9.17, 15) is 0 Å². The van der Waals surface area contributed by atoms with Gasteiger partial charge in [-0.1, -0.05) is 51.7 Å². The van der Waals surface area contributed by atoms with Gasteiger partial charge in [0.1, 0.15) is 0 Å². The van der Waals surface area contributed by atoms with Gasteiger partial charge >= 0.3 is 10.4 Å². The number of ether oxygens (including phenoxy) is 1. The number of hydrogen-bond acceptors (Lipinski definition) is 3. The first-order valence-corrected chi connectivity index (χ1v) is 9.25. The lowest BCUT2D eigenvalue weighted by Gasteiger charge is -2.23. The molecule has 2 atom stereocenters. The van der Waals surface area contributed by atoms with E-state index >= 15 is 0 Å². The van der Waals surface area contributed by atoms with Crippen LogP contribution in [-0.4, -0.2) is 29.7 Å². The predicted octanol–water partition coefficient (Wildman–Crippen LogP) is 4.62. The van der Waals surface area contributed by atoms with E-state index < -0.39 is 10.4 Å². The third-order valence-electron chi connectivity index (χ3n) is 3.00. The van der Waals surface area contributed by atoms with Crippen molar-refractivity contribution in [2.75, 3.05) is 0 Å². The minimum Gasteiger partial charge on any atom is -0.374 e. The second-order valence-electron chi connectivity index (χ2n) is 5.16. The Morgan fingerprint density at radius 1 is 0.955 bits per heavy atom. The van der Waals surface area contributed by atoms with Gasteiger partial charge in [-0.3, -0.25) is 9.11 Å². The van der Waals surface area contributed by atoms with Crippen molar-refractivity contribution in [3.63, 3.8) is 0 Å². The summed E-state index contributed by atoms with van der Waals surface area (Å²) in [6, 6.07) is 0. The second kappa shape index (κ2) is 15.2. The smallest absolute Gasteiger partial charge is 0.374 e. The minimum absolute atomic E-state index is 0.356. The van der Waals surface area contributed by atoms with Gasteiger partial charge in [-0.2, -0.15) is 8.42 Å². The highest BCUT2D eigenvalue weighted by Crippen LogP contribution is 2.17. The molecule has 0 aromatic heterocycles. The maximum atomic E-state index is 8.74. The van der Waals surface area contributed by atoms with Gasteiger partial charge in [0, 0.05) is 0 Å². The molecule has 0 aliphatic carbocycles. The van der Waals surface area contributed by atoms with Gasteiger partial charge < -0.3 is 4.74 Å². The van der Waals surface area contributed by atoms with Gasteiger partial charge in [-0.05, 0) is 25.7 Å². The van der Waals surface area contributed by atoms with Crippen molar-refractivity contribution < 1.29 is 22.3 Å². The van der Waals surface area contributed by atoms with Gasteiger partial charge in [0.25, 0.3) is 0 Å². The van der Waals surface area contributed by atoms with Crippen molar-refractivity contribution in [1.29, 1.82) is 0 Å². The van der Waals surface area contributed by atoms with E-state index in [0.29, 0.717) is 12.2 Å². The minimum atomic E-state index is -4.67. The zero-order valence-corrected chi connectivity index (χ0v) is 14.7. The molecule has 0 radical (unpaired) electrons. The summed E-state index contributed by atoms with van der Waals surface area (Å²) in [6.07, 6.45) is 13.9. The lowest BCUT2D eigenvalue weighted by Crippen LogP contribution is -2.21. The Balaban J connectivity index is 0. The maximum Gasteiger partial charge on any atom is 0.394 e. The van der Waals surface area contributed by atoms with Crippen LogP contribution in [0.2, 0.25) is 0 Å². The summed E-state index contributed by atoms with van der Waals surface area (Å²) in [5.74, 6) is 0. The zero-order valence-electron chi connectivity index (χ0n) is 13.9. The number of hydrogen-bond donors (Lipinski definition) is 2. The van der Waals surface area contributed by atoms with Crippen molar-refractivity contribution in [3.05, 3.63) is 25.3 Å². The summed E-state index contributed by atoms with van der Waals surface area (Å²) in [5.41, 5.74) is 0. The Kier molecular flexibility index (Phi) is 16.3. The molecule has 0 aliphatic rings. The van der Waals surface area contributed by atoms with Crippen molar-refractivity contribution in [2.24, 2.45) is 0 Å². The van der Waals surface area contributed by atoms with Crippen LogP contribution in [0.4, 0.5) is 0 Å². The Morgan fingerprint density at radius 3 is 1.50 bits per heavy atom. The van der Waals surface area contributed by atoms with Crippen LogP contribution in [0.1, 0.15) is 65.2 Å². The molecule has 0 saturated carbocycles. The molecule has 0 aromatic carbocycles. The van der Waals surface area contributed by atoms with E-state index in [0.717, 1.165) is 25.7 Å². The van der Waals surface area contributed by atoms with Gasteiger partial charge in [0.15, 0.2) is 0 Å². The maximum absolute atomic E-state index is 8.74. The molecule has 0 bridgehead atoms. The van der Waals surface area contributed by atoms with Crippen LogP contribution in [0.15, 0.2) is 25.3 Å². The van der Waals surface area contributed by atoms with Crippen LogP contribution in [0.5, 0.6) is 0 Å². The van der Waals surface area contributed by atoms with Crippen LogP contribution in [-0.2, 0) is 15.1 Å². The lowest BCUT2D eigenvalue weighted by atomic mass is 10.1. The fourth-order valence-electron chi connectivity index (χ4n) is 1.99. The highest BCUT2D eigenvalue weighted by Gasteiger charge is 2.14. The van der Waals surface area contributed by atoms with Gasteiger partial charge in [0.05, 0.1) is 12.2 Å². The first-order valence-electron chi connectivity index (χ1n) is 7.85. The van der Waals surface area contributed by atoms with Crippen LogP contribution in [0.3, 0.4) is 0 Å². The third-order valence-corrected chi connectivity index (χ3v) is 3.00. The molecule has 0 aliphatic heterocycles. The molecule has 0 rings (SSSR count). The normalized spacial score (nSPS) is 13.6. The molecule has 0 fully saturated rings. The van der Waals surface area contributed by atoms with E-state index in [2.05, 4.69) is 27.0 Å². The molecule has 0 amide bonds. The predicted molar refractivity (Wildman–Crippen MR) is 91.5 cm³/mol. The van der Waals surface area contributed by atoms with Crippen LogP contribution >= 0.6 is 0 Å². The van der Waals surface area contributed by atoms with E-state index in [1.54, 1.807) is 0 Å². The van der Waals surface area contributed by atoms with E-state index in [-0.39, 0.29) is 0 Å². The number of unbranched alkanes of at least 4 members (excludes halogenated alkanes) is 2. The molecule has 132 valence electrons. The Labute approximate surface area is 136 Å². The molecular formula is C16H32O5S. The lowest BCUT2D eigenvalue weighted by molar-refractivity contribution is -0.0186. The zero-order chi connectivity index (χ0) is 17.4. The van der Waals surface area contributed by atoms with E-state index in [1.807, 2.05) is 12.2 Å². The quantitative estimate of drug-likeness (QED) is 0.401. The van der Waals surface area contributed by atoms with Crippen LogP contribution in [0.25, 0.3) is 0 Å². The van der Waals surface area contributed by atoms with Gasteiger partial charge in [-0.15, -0.1) is 13.2 Å². The first kappa shape index (κ1) is 23.6. The molecule has 22 heavy (non-hydrogen) atoms. The summed E-state index contributed by atoms with van der Waals surface area (Å²) in [7, 11) is -4.67. The molecular weight excluding hydrogens is 304 g/mol. The Hall–Kier alpha value is -0.690. The Bertz CT molecular complexity index is 337. The largest absolute Gasteiger partial charge is 0.394 e. The first-order chi connectivity index (χ1) is 10.3. The summed E-state index contributed by atoms with van der Waals surface area (Å²) in [5, 5.41) is 0. The molecule has 0 aromatic rings. The molecule has 5 nitrogen and oxygen atoms in total. The Morgan fingerprint density at radius 2 is 1.27 bits per heavy atom. The summed E-state index contributed by atoms with van der Waals surface area (Å²) >= 11 is 0. The van der Waals surface area contributed by atoms with E-state index in [1.165, 1.54) is 25.7 Å². The SMILES string of the molecule is C=CCC(CCCC)OC(CC=C)CCCC.O=S(=O)(O)O. The summed E-state index contributed by atoms with van der Waals surface area (Å²) in [4.78, 5) is 0. The molecule has 0 spiro atoms. The summed E-state index contributed by atoms with van der Waals surface area (Å²) < 4.78 is 37.8. The average Bonchev–Trinajstić information content (AvgIpc) is 2.40. The molecule has 2 N–H and O–H groups in total. The second-order valence-corrected chi connectivity index (χ2v) is 6.06. The average molecular weight is 336 g/mol. The molecule has 0 saturated heterocycles. The van der Waals surface area contributed by atoms with Gasteiger partial charge in [0.2, 0.25) is 0 Å². The van der Waals surface area contributed by atoms with Crippen LogP contribution in [0, 0.1) is 0 Å². The van der Waals surface area contributed by atoms with E-state index in [4.69, 9.17) is 22.3 Å². The fourth-order valence-corrected chi connectivity index (χ4v) is 1.99. The van der Waals surface area contributed by atoms with Crippen molar-refractivity contribution in [1.82, 2.24) is 0 Å². The standard InChI is InChI=1S/C16H30O.H2O4S/c1-5-9-13-15(11-7-3)17-16(12-8-4)14-10-6-2;1-5(2,3)4/h7-8,15-16H,3-6,9-14H2,1-2H3;(H2,1,2,3,4). The highest BCUT2D eigenvalue weighted by molar-refractivity contribution is 7.79. The molecule has 0 heterocycles. The highest BCUT2D eigenvalue weighted by atomic mass is 32.3. The molecule has 2 unspecified atom stereocenters. The van der Waals surface area contributed by atoms with Gasteiger partial charge in [-0.25, -0.2) is 0 Å². The molecule has 6 heteroatoms. The fraction of sp³-hybridized carbons (Fsp3) is 0.750. The monoisotopic (exact) mass is 336 g/mol. The summed E-state index contributed by atoms with van der Waals surface area (Å²) in [6.45, 7) is 12.1. The van der Waals surface area contributed by atoms with Crippen molar-refractivity contribution in [2.45, 2.75) is 77.4 Å². The van der Waals surface area contributed by atoms with Crippen molar-refractivity contribution >= 4 is 10.4 Å². The topological polar surface area (TPSA) is 83.8 Å². The van der Waals surface area contributed by atoms with Crippen molar-refractivity contribution in [3.8, 4) is 0 Å².